The Labute approximate surface area is 187 Å². The number of para-hydroxylation sites is 1. The van der Waals surface area contributed by atoms with E-state index in [2.05, 4.69) is 0 Å². The maximum absolute atomic E-state index is 13.3. The van der Waals surface area contributed by atoms with Crippen LogP contribution in [0.4, 0.5) is 15.3 Å². The second kappa shape index (κ2) is 10.1. The third kappa shape index (κ3) is 6.02. The van der Waals surface area contributed by atoms with E-state index in [1.165, 1.54) is 12.8 Å². The highest BCUT2D eigenvalue weighted by Gasteiger charge is 2.40. The summed E-state index contributed by atoms with van der Waals surface area (Å²) in [6, 6.07) is 8.95. The van der Waals surface area contributed by atoms with E-state index < -0.39 is 23.4 Å². The summed E-state index contributed by atoms with van der Waals surface area (Å²) in [6.45, 7) is 7.84. The summed E-state index contributed by atoms with van der Waals surface area (Å²) in [4.78, 5) is 27.7. The number of hydrogen-bond acceptors (Lipinski definition) is 4. The molecule has 31 heavy (non-hydrogen) atoms. The zero-order chi connectivity index (χ0) is 22.5. The van der Waals surface area contributed by atoms with Crippen LogP contribution in [0.25, 0.3) is 0 Å². The van der Waals surface area contributed by atoms with Crippen molar-refractivity contribution in [2.45, 2.75) is 103 Å². The molecular formula is C26H39NO4. The second-order valence-corrected chi connectivity index (χ2v) is 10.3. The molecule has 5 heteroatoms. The molecule has 1 aromatic rings. The number of carbonyl (C=O) groups excluding carboxylic acids is 2. The maximum Gasteiger partial charge on any atom is 0.424 e. The Morgan fingerprint density at radius 3 is 1.48 bits per heavy atom. The molecule has 2 amide bonds. The summed E-state index contributed by atoms with van der Waals surface area (Å²) < 4.78 is 11.9. The van der Waals surface area contributed by atoms with Gasteiger partial charge in [0.15, 0.2) is 0 Å². The van der Waals surface area contributed by atoms with Gasteiger partial charge in [0.05, 0.1) is 5.69 Å². The minimum absolute atomic E-state index is 0.303. The molecule has 2 fully saturated rings. The quantitative estimate of drug-likeness (QED) is 0.487. The normalized spacial score (nSPS) is 19.0. The number of amides is 2. The highest BCUT2D eigenvalue weighted by Crippen LogP contribution is 2.37. The summed E-state index contributed by atoms with van der Waals surface area (Å²) in [7, 11) is 0. The van der Waals surface area contributed by atoms with E-state index in [-0.39, 0.29) is 0 Å². The van der Waals surface area contributed by atoms with Gasteiger partial charge in [-0.15, -0.1) is 0 Å². The van der Waals surface area contributed by atoms with Crippen molar-refractivity contribution in [3.63, 3.8) is 0 Å². The molecule has 0 saturated heterocycles. The van der Waals surface area contributed by atoms with Crippen molar-refractivity contribution in [1.29, 1.82) is 0 Å². The lowest BCUT2D eigenvalue weighted by molar-refractivity contribution is -0.0254. The summed E-state index contributed by atoms with van der Waals surface area (Å²) in [5, 5.41) is 0. The molecule has 2 aliphatic rings. The zero-order valence-electron chi connectivity index (χ0n) is 19.7. The third-order valence-corrected chi connectivity index (χ3v) is 7.26. The van der Waals surface area contributed by atoms with E-state index in [9.17, 15) is 9.59 Å². The summed E-state index contributed by atoms with van der Waals surface area (Å²) in [6.07, 6.45) is 9.97. The van der Waals surface area contributed by atoms with Crippen LogP contribution in [0.1, 0.15) is 91.9 Å². The van der Waals surface area contributed by atoms with Crippen molar-refractivity contribution in [3.05, 3.63) is 30.3 Å². The molecule has 0 bridgehead atoms. The molecule has 2 saturated carbocycles. The Morgan fingerprint density at radius 1 is 0.710 bits per heavy atom. The van der Waals surface area contributed by atoms with Crippen LogP contribution in [0.2, 0.25) is 0 Å². The van der Waals surface area contributed by atoms with Crippen LogP contribution in [0.3, 0.4) is 0 Å². The summed E-state index contributed by atoms with van der Waals surface area (Å²) in [5.41, 5.74) is -0.802. The molecule has 0 heterocycles. The molecule has 172 valence electrons. The number of ether oxygens (including phenoxy) is 2. The second-order valence-electron chi connectivity index (χ2n) is 10.3. The SMILES string of the molecule is CC(C)(OC(=O)N(C(=O)OC(C)(C)C1CCCCC1)c1ccccc1)C1CCCCC1. The van der Waals surface area contributed by atoms with E-state index >= 15 is 0 Å². The largest absolute Gasteiger partial charge is 0.442 e. The number of rotatable bonds is 5. The fraction of sp³-hybridized carbons (Fsp3) is 0.692. The van der Waals surface area contributed by atoms with E-state index in [4.69, 9.17) is 9.47 Å². The topological polar surface area (TPSA) is 55.8 Å². The van der Waals surface area contributed by atoms with Gasteiger partial charge >= 0.3 is 12.2 Å². The van der Waals surface area contributed by atoms with Gasteiger partial charge in [-0.3, -0.25) is 0 Å². The molecule has 0 radical (unpaired) electrons. The number of hydrogen-bond donors (Lipinski definition) is 0. The lowest BCUT2D eigenvalue weighted by Crippen LogP contribution is -2.48. The fourth-order valence-electron chi connectivity index (χ4n) is 5.17. The van der Waals surface area contributed by atoms with Gasteiger partial charge in [-0.05, 0) is 77.3 Å². The molecule has 2 aliphatic carbocycles. The predicted molar refractivity (Wildman–Crippen MR) is 123 cm³/mol. The van der Waals surface area contributed by atoms with Crippen LogP contribution in [0.15, 0.2) is 30.3 Å². The highest BCUT2D eigenvalue weighted by atomic mass is 16.6. The van der Waals surface area contributed by atoms with Crippen LogP contribution < -0.4 is 4.90 Å². The molecule has 0 unspecified atom stereocenters. The van der Waals surface area contributed by atoms with Crippen LogP contribution in [-0.4, -0.2) is 23.4 Å². The van der Waals surface area contributed by atoms with Gasteiger partial charge in [0.1, 0.15) is 11.2 Å². The fourth-order valence-corrected chi connectivity index (χ4v) is 5.17. The van der Waals surface area contributed by atoms with Gasteiger partial charge in [0.2, 0.25) is 0 Å². The van der Waals surface area contributed by atoms with Gasteiger partial charge in [-0.2, -0.15) is 4.90 Å². The lowest BCUT2D eigenvalue weighted by atomic mass is 9.79. The Bertz CT molecular complexity index is 687. The van der Waals surface area contributed by atoms with E-state index in [0.717, 1.165) is 56.3 Å². The van der Waals surface area contributed by atoms with Crippen LogP contribution in [-0.2, 0) is 9.47 Å². The average Bonchev–Trinajstić information content (AvgIpc) is 2.75. The van der Waals surface area contributed by atoms with Crippen molar-refractivity contribution in [3.8, 4) is 0 Å². The first kappa shape index (κ1) is 23.6. The Balaban J connectivity index is 1.77. The predicted octanol–water partition coefficient (Wildman–Crippen LogP) is 7.48. The number of imide groups is 1. The first-order valence-electron chi connectivity index (χ1n) is 12.0. The number of nitrogens with zero attached hydrogens (tertiary/aromatic N) is 1. The van der Waals surface area contributed by atoms with Gasteiger partial charge in [-0.25, -0.2) is 9.59 Å². The molecule has 1 aromatic carbocycles. The van der Waals surface area contributed by atoms with E-state index in [0.29, 0.717) is 17.5 Å². The zero-order valence-corrected chi connectivity index (χ0v) is 19.7. The summed E-state index contributed by atoms with van der Waals surface area (Å²) in [5.74, 6) is 0.607. The minimum atomic E-state index is -0.661. The Hall–Kier alpha value is -2.04. The van der Waals surface area contributed by atoms with Crippen LogP contribution in [0.5, 0.6) is 0 Å². The van der Waals surface area contributed by atoms with Gasteiger partial charge in [0.25, 0.3) is 0 Å². The van der Waals surface area contributed by atoms with Gasteiger partial charge in [-0.1, -0.05) is 56.7 Å². The van der Waals surface area contributed by atoms with Crippen LogP contribution in [0, 0.1) is 11.8 Å². The maximum atomic E-state index is 13.3. The third-order valence-electron chi connectivity index (χ3n) is 7.26. The minimum Gasteiger partial charge on any atom is -0.442 e. The Kier molecular flexibility index (Phi) is 7.66. The number of carbonyl (C=O) groups is 2. The average molecular weight is 430 g/mol. The number of benzene rings is 1. The first-order chi connectivity index (χ1) is 14.7. The molecule has 0 atom stereocenters. The number of anilines is 1. The van der Waals surface area contributed by atoms with Crippen LogP contribution >= 0.6 is 0 Å². The monoisotopic (exact) mass is 429 g/mol. The van der Waals surface area contributed by atoms with Gasteiger partial charge in [0, 0.05) is 0 Å². The van der Waals surface area contributed by atoms with E-state index in [1.807, 2.05) is 33.8 Å². The van der Waals surface area contributed by atoms with Crippen molar-refractivity contribution < 1.29 is 19.1 Å². The smallest absolute Gasteiger partial charge is 0.424 e. The van der Waals surface area contributed by atoms with Crippen molar-refractivity contribution in [2.24, 2.45) is 11.8 Å². The summed E-state index contributed by atoms with van der Waals surface area (Å²) >= 11 is 0. The Morgan fingerprint density at radius 2 is 1.10 bits per heavy atom. The lowest BCUT2D eigenvalue weighted by Gasteiger charge is -2.39. The van der Waals surface area contributed by atoms with Crippen molar-refractivity contribution in [1.82, 2.24) is 0 Å². The highest BCUT2D eigenvalue weighted by molar-refractivity contribution is 6.09. The molecule has 0 aliphatic heterocycles. The molecule has 5 nitrogen and oxygen atoms in total. The standard InChI is InChI=1S/C26H39NO4/c1-25(2,20-14-8-5-9-15-20)30-23(28)27(22-18-12-7-13-19-22)24(29)31-26(3,4)21-16-10-6-11-17-21/h7,12-13,18-21H,5-6,8-11,14-17H2,1-4H3. The molecule has 0 N–H and O–H groups in total. The van der Waals surface area contributed by atoms with Crippen molar-refractivity contribution >= 4 is 17.9 Å². The van der Waals surface area contributed by atoms with Gasteiger partial charge < -0.3 is 9.47 Å². The first-order valence-corrected chi connectivity index (χ1v) is 12.0. The molecule has 0 spiro atoms. The molecule has 0 aromatic heterocycles. The van der Waals surface area contributed by atoms with Crippen molar-refractivity contribution in [2.75, 3.05) is 4.90 Å². The molecular weight excluding hydrogens is 390 g/mol. The molecule has 3 rings (SSSR count). The van der Waals surface area contributed by atoms with E-state index in [1.54, 1.807) is 24.3 Å².